The van der Waals surface area contributed by atoms with Crippen molar-refractivity contribution in [2.75, 3.05) is 0 Å². The molecule has 0 aliphatic carbocycles. The van der Waals surface area contributed by atoms with E-state index >= 15 is 0 Å². The van der Waals surface area contributed by atoms with Crippen LogP contribution in [0.15, 0.2) is 22.8 Å². The van der Waals surface area contributed by atoms with E-state index in [0.29, 0.717) is 0 Å². The molecule has 1 nitrogen and oxygen atoms in total. The van der Waals surface area contributed by atoms with Gasteiger partial charge in [0, 0.05) is 0 Å². The van der Waals surface area contributed by atoms with Crippen LogP contribution in [-0.2, 0) is 0 Å². The molecule has 0 atom stereocenters. The Morgan fingerprint density at radius 3 is 1.68 bits per heavy atom. The van der Waals surface area contributed by atoms with Crippen molar-refractivity contribution >= 4 is 46.1 Å². The molecule has 0 aliphatic heterocycles. The molecule has 0 spiro atoms. The zero-order chi connectivity index (χ0) is 13.3. The van der Waals surface area contributed by atoms with Gasteiger partial charge in [0.15, 0.2) is 0 Å². The number of unbranched alkanes of at least 4 members (excludes halogenated alkanes) is 3. The van der Waals surface area contributed by atoms with E-state index in [1.807, 2.05) is 6.26 Å². The molecule has 0 amide bonds. The summed E-state index contributed by atoms with van der Waals surface area (Å²) in [6.07, 6.45) is 10.1. The first-order valence-corrected chi connectivity index (χ1v) is 15.3. The fourth-order valence-corrected chi connectivity index (χ4v) is 18.1. The van der Waals surface area contributed by atoms with Crippen molar-refractivity contribution in [2.45, 2.75) is 72.6 Å². The van der Waals surface area contributed by atoms with Gasteiger partial charge in [-0.25, -0.2) is 0 Å². The maximum absolute atomic E-state index is 5.88. The molecular weight excluding hydrogens is 446 g/mol. The van der Waals surface area contributed by atoms with Gasteiger partial charge in [-0.2, -0.15) is 0 Å². The van der Waals surface area contributed by atoms with E-state index in [0.717, 1.165) is 0 Å². The fraction of sp³-hybridized carbons (Fsp3) is 0.750. The van der Waals surface area contributed by atoms with Crippen LogP contribution >= 0.6 is 0 Å². The Morgan fingerprint density at radius 2 is 1.37 bits per heavy atom. The van der Waals surface area contributed by atoms with Crippen LogP contribution in [0.3, 0.4) is 0 Å². The normalized spacial score (nSPS) is 11.3. The van der Waals surface area contributed by atoms with E-state index in [2.05, 4.69) is 32.9 Å². The summed E-state index contributed by atoms with van der Waals surface area (Å²) in [4.78, 5) is 0. The standard InChI is InChI=1S/C4H3O.3C4H9.2Sn.2H/c1-2-4-5-3-1;3*1-3-4-2;;;;/h1-3H;3*1,3-4H2,2H3;;;;. The van der Waals surface area contributed by atoms with Crippen LogP contribution in [0.4, 0.5) is 0 Å². The molecule has 1 heterocycles. The minimum absolute atomic E-state index is 0. The van der Waals surface area contributed by atoms with Crippen molar-refractivity contribution in [3.63, 3.8) is 0 Å². The summed E-state index contributed by atoms with van der Waals surface area (Å²) in [6.45, 7) is 6.95. The van der Waals surface area contributed by atoms with Gasteiger partial charge in [-0.3, -0.25) is 0 Å². The van der Waals surface area contributed by atoms with Gasteiger partial charge in [0.1, 0.15) is 0 Å². The van der Waals surface area contributed by atoms with Gasteiger partial charge in [0.05, 0.1) is 0 Å². The van der Waals surface area contributed by atoms with Crippen molar-refractivity contribution in [3.8, 4) is 0 Å². The first kappa shape index (κ1) is 19.9. The molecule has 1 aromatic heterocycles. The number of hydrogen-bond donors (Lipinski definition) is 0. The van der Waals surface area contributed by atoms with Crippen LogP contribution in [0.2, 0.25) is 13.3 Å². The molecule has 1 rings (SSSR count). The summed E-state index contributed by atoms with van der Waals surface area (Å²) >= 11 is -2.20. The molecule has 0 aliphatic rings. The Hall–Kier alpha value is 0.877. The van der Waals surface area contributed by atoms with Crippen LogP contribution < -0.4 is 3.78 Å². The Labute approximate surface area is 140 Å². The van der Waals surface area contributed by atoms with Gasteiger partial charge in [0.2, 0.25) is 0 Å². The molecule has 0 aromatic carbocycles. The van der Waals surface area contributed by atoms with Gasteiger partial charge < -0.3 is 0 Å². The van der Waals surface area contributed by atoms with E-state index in [4.69, 9.17) is 4.42 Å². The summed E-state index contributed by atoms with van der Waals surface area (Å²) in [5.74, 6) is 0. The molecule has 2 radical (unpaired) electrons. The topological polar surface area (TPSA) is 13.1 Å². The summed E-state index contributed by atoms with van der Waals surface area (Å²) in [5.41, 5.74) is 0. The van der Waals surface area contributed by atoms with Gasteiger partial charge in [-0.15, -0.1) is 0 Å². The SMILES string of the molecule is CCC[CH2][Sn]([CH2]CCC)([CH2]CCC)[c]1ccco1.[SnH2]. The molecule has 0 N–H and O–H groups in total. The summed E-state index contributed by atoms with van der Waals surface area (Å²) in [5, 5.41) is 0. The maximum atomic E-state index is 5.88. The zero-order valence-corrected chi connectivity index (χ0v) is 20.1. The van der Waals surface area contributed by atoms with E-state index in [9.17, 15) is 0 Å². The average Bonchev–Trinajstić information content (AvgIpc) is 2.93. The third-order valence-electron chi connectivity index (χ3n) is 4.07. The molecule has 0 saturated carbocycles. The number of rotatable bonds is 10. The second kappa shape index (κ2) is 11.5. The summed E-state index contributed by atoms with van der Waals surface area (Å²) in [6, 6.07) is 4.39. The molecular formula is C16H32OSn2. The van der Waals surface area contributed by atoms with E-state index in [-0.39, 0.29) is 23.9 Å². The number of furan rings is 1. The molecule has 110 valence electrons. The monoisotopic (exact) mass is 480 g/mol. The van der Waals surface area contributed by atoms with Gasteiger partial charge >= 0.3 is 141 Å². The van der Waals surface area contributed by atoms with Crippen molar-refractivity contribution in [1.29, 1.82) is 0 Å². The molecule has 3 heteroatoms. The quantitative estimate of drug-likeness (QED) is 0.455. The van der Waals surface area contributed by atoms with Crippen molar-refractivity contribution < 1.29 is 4.42 Å². The van der Waals surface area contributed by atoms with Crippen LogP contribution in [0, 0.1) is 0 Å². The van der Waals surface area contributed by atoms with E-state index in [1.54, 1.807) is 0 Å². The van der Waals surface area contributed by atoms with Crippen LogP contribution in [0.25, 0.3) is 0 Å². The number of hydrogen-bond acceptors (Lipinski definition) is 1. The fourth-order valence-electron chi connectivity index (χ4n) is 2.87. The first-order valence-electron chi connectivity index (χ1n) is 7.83. The molecule has 0 bridgehead atoms. The van der Waals surface area contributed by atoms with Gasteiger partial charge in [-0.05, 0) is 0 Å². The molecule has 1 aromatic rings. The Bertz CT molecular complexity index is 274. The van der Waals surface area contributed by atoms with Gasteiger partial charge in [-0.1, -0.05) is 0 Å². The van der Waals surface area contributed by atoms with Crippen molar-refractivity contribution in [1.82, 2.24) is 0 Å². The summed E-state index contributed by atoms with van der Waals surface area (Å²) < 4.78 is 11.8. The van der Waals surface area contributed by atoms with Crippen molar-refractivity contribution in [2.24, 2.45) is 0 Å². The van der Waals surface area contributed by atoms with Crippen molar-refractivity contribution in [3.05, 3.63) is 18.4 Å². The Balaban J connectivity index is 0.00000324. The summed E-state index contributed by atoms with van der Waals surface area (Å²) in [7, 11) is 0. The first-order chi connectivity index (χ1) is 8.79. The molecule has 19 heavy (non-hydrogen) atoms. The van der Waals surface area contributed by atoms with Crippen LogP contribution in [0.1, 0.15) is 59.3 Å². The van der Waals surface area contributed by atoms with Gasteiger partial charge in [0.25, 0.3) is 0 Å². The molecule has 0 unspecified atom stereocenters. The third-order valence-corrected chi connectivity index (χ3v) is 19.1. The third kappa shape index (κ3) is 6.45. The van der Waals surface area contributed by atoms with Crippen LogP contribution in [-0.4, -0.2) is 42.3 Å². The predicted octanol–water partition coefficient (Wildman–Crippen LogP) is 4.42. The predicted molar refractivity (Wildman–Crippen MR) is 91.8 cm³/mol. The zero-order valence-electron chi connectivity index (χ0n) is 13.2. The molecule has 0 fully saturated rings. The molecule has 0 saturated heterocycles. The van der Waals surface area contributed by atoms with Crippen LogP contribution in [0.5, 0.6) is 0 Å². The van der Waals surface area contributed by atoms with E-state index < -0.39 is 18.4 Å². The average molecular weight is 478 g/mol. The second-order valence-electron chi connectivity index (χ2n) is 5.57. The van der Waals surface area contributed by atoms with E-state index in [1.165, 1.54) is 55.6 Å². The Morgan fingerprint density at radius 1 is 0.895 bits per heavy atom. The minimum atomic E-state index is -2.20. The Kier molecular flexibility index (Phi) is 12.1. The second-order valence-corrected chi connectivity index (χ2v) is 18.6.